The van der Waals surface area contributed by atoms with Gasteiger partial charge in [-0.1, -0.05) is 29.8 Å². The predicted molar refractivity (Wildman–Crippen MR) is 72.8 cm³/mol. The maximum Gasteiger partial charge on any atom is 0.128 e. The Labute approximate surface area is 116 Å². The first-order chi connectivity index (χ1) is 8.90. The van der Waals surface area contributed by atoms with Gasteiger partial charge < -0.3 is 10.2 Å². The number of halogens is 2. The van der Waals surface area contributed by atoms with E-state index in [1.165, 1.54) is 24.3 Å². The van der Waals surface area contributed by atoms with Crippen molar-refractivity contribution in [3.63, 3.8) is 0 Å². The van der Waals surface area contributed by atoms with Crippen LogP contribution in [0.3, 0.4) is 0 Å². The van der Waals surface area contributed by atoms with Gasteiger partial charge in [-0.3, -0.25) is 0 Å². The van der Waals surface area contributed by atoms with Crippen LogP contribution in [-0.4, -0.2) is 10.2 Å². The molecule has 0 aliphatic carbocycles. The molecule has 2 nitrogen and oxygen atoms in total. The Morgan fingerprint density at radius 3 is 2.37 bits per heavy atom. The largest absolute Gasteiger partial charge is 0.508 e. The zero-order chi connectivity index (χ0) is 14.0. The van der Waals surface area contributed by atoms with E-state index in [2.05, 4.69) is 0 Å². The molecule has 0 spiro atoms. The molecule has 0 aromatic heterocycles. The van der Waals surface area contributed by atoms with Crippen molar-refractivity contribution in [1.29, 1.82) is 0 Å². The Morgan fingerprint density at radius 2 is 1.79 bits per heavy atom. The van der Waals surface area contributed by atoms with Crippen LogP contribution < -0.4 is 0 Å². The van der Waals surface area contributed by atoms with Gasteiger partial charge in [-0.15, -0.1) is 0 Å². The van der Waals surface area contributed by atoms with Crippen LogP contribution in [0.15, 0.2) is 42.5 Å². The van der Waals surface area contributed by atoms with E-state index in [0.29, 0.717) is 10.6 Å². The van der Waals surface area contributed by atoms with Crippen LogP contribution >= 0.6 is 11.6 Å². The monoisotopic (exact) mass is 280 g/mol. The third kappa shape index (κ3) is 3.06. The van der Waals surface area contributed by atoms with Crippen molar-refractivity contribution in [2.24, 2.45) is 0 Å². The Morgan fingerprint density at radius 1 is 1.16 bits per heavy atom. The molecule has 2 aromatic carbocycles. The van der Waals surface area contributed by atoms with E-state index >= 15 is 0 Å². The highest BCUT2D eigenvalue weighted by Gasteiger charge is 2.26. The smallest absolute Gasteiger partial charge is 0.128 e. The highest BCUT2D eigenvalue weighted by Crippen LogP contribution is 2.30. The van der Waals surface area contributed by atoms with Gasteiger partial charge in [0.25, 0.3) is 0 Å². The summed E-state index contributed by atoms with van der Waals surface area (Å²) in [5, 5.41) is 20.0. The van der Waals surface area contributed by atoms with Gasteiger partial charge in [-0.25, -0.2) is 4.39 Å². The lowest BCUT2D eigenvalue weighted by molar-refractivity contribution is 0.0567. The van der Waals surface area contributed by atoms with Gasteiger partial charge in [0.15, 0.2) is 0 Å². The highest BCUT2D eigenvalue weighted by molar-refractivity contribution is 6.31. The van der Waals surface area contributed by atoms with E-state index in [9.17, 15) is 14.6 Å². The summed E-state index contributed by atoms with van der Waals surface area (Å²) in [6.07, 6.45) is 0.0588. The molecular formula is C15H14ClFO2. The lowest BCUT2D eigenvalue weighted by atomic mass is 9.89. The quantitative estimate of drug-likeness (QED) is 0.901. The molecule has 0 fully saturated rings. The van der Waals surface area contributed by atoms with Crippen molar-refractivity contribution >= 4 is 11.6 Å². The Bertz CT molecular complexity index is 559. The topological polar surface area (TPSA) is 40.5 Å². The second kappa shape index (κ2) is 5.19. The number of phenolic OH excluding ortho intramolecular Hbond substituents is 1. The van der Waals surface area contributed by atoms with Crippen LogP contribution in [-0.2, 0) is 12.0 Å². The summed E-state index contributed by atoms with van der Waals surface area (Å²) in [5.41, 5.74) is -0.397. The second-order valence-electron chi connectivity index (χ2n) is 4.70. The van der Waals surface area contributed by atoms with Crippen molar-refractivity contribution in [1.82, 2.24) is 0 Å². The van der Waals surface area contributed by atoms with E-state index in [1.807, 2.05) is 0 Å². The lowest BCUT2D eigenvalue weighted by Gasteiger charge is -2.24. The van der Waals surface area contributed by atoms with Crippen LogP contribution in [0.4, 0.5) is 4.39 Å². The number of benzene rings is 2. The fraction of sp³-hybridized carbons (Fsp3) is 0.200. The number of aromatic hydroxyl groups is 1. The van der Waals surface area contributed by atoms with Crippen molar-refractivity contribution in [3.05, 3.63) is 64.4 Å². The summed E-state index contributed by atoms with van der Waals surface area (Å²) < 4.78 is 13.7. The minimum atomic E-state index is -1.26. The van der Waals surface area contributed by atoms with Crippen molar-refractivity contribution < 1.29 is 14.6 Å². The molecule has 0 saturated heterocycles. The number of rotatable bonds is 3. The number of phenols is 1. The fourth-order valence-corrected chi connectivity index (χ4v) is 2.20. The molecule has 0 aliphatic rings. The van der Waals surface area contributed by atoms with E-state index in [-0.39, 0.29) is 17.7 Å². The first-order valence-electron chi connectivity index (χ1n) is 5.85. The number of hydrogen-bond donors (Lipinski definition) is 2. The minimum Gasteiger partial charge on any atom is -0.508 e. The van der Waals surface area contributed by atoms with Crippen LogP contribution in [0.1, 0.15) is 18.1 Å². The average Bonchev–Trinajstić information content (AvgIpc) is 2.35. The Kier molecular flexibility index (Phi) is 3.78. The predicted octanol–water partition coefficient (Wildman–Crippen LogP) is 3.63. The molecule has 2 aromatic rings. The molecular weight excluding hydrogens is 267 g/mol. The highest BCUT2D eigenvalue weighted by atomic mass is 35.5. The first kappa shape index (κ1) is 13.8. The normalized spacial score (nSPS) is 14.1. The summed E-state index contributed by atoms with van der Waals surface area (Å²) in [4.78, 5) is 0. The van der Waals surface area contributed by atoms with Gasteiger partial charge in [-0.05, 0) is 36.8 Å². The summed E-state index contributed by atoms with van der Waals surface area (Å²) in [5.74, 6) is -0.324. The van der Waals surface area contributed by atoms with Gasteiger partial charge in [0.05, 0.1) is 5.60 Å². The molecule has 0 radical (unpaired) electrons. The SMILES string of the molecule is CC(O)(Cc1c(F)cccc1Cl)c1ccc(O)cc1. The van der Waals surface area contributed by atoms with Gasteiger partial charge >= 0.3 is 0 Å². The minimum absolute atomic E-state index is 0.0588. The van der Waals surface area contributed by atoms with Crippen molar-refractivity contribution in [2.45, 2.75) is 18.9 Å². The van der Waals surface area contributed by atoms with Crippen LogP contribution in [0, 0.1) is 5.82 Å². The molecule has 2 rings (SSSR count). The Hall–Kier alpha value is -1.58. The molecule has 0 amide bonds. The molecule has 4 heteroatoms. The zero-order valence-corrected chi connectivity index (χ0v) is 11.2. The van der Waals surface area contributed by atoms with E-state index < -0.39 is 11.4 Å². The van der Waals surface area contributed by atoms with Crippen LogP contribution in [0.25, 0.3) is 0 Å². The maximum absolute atomic E-state index is 13.7. The molecule has 1 atom stereocenters. The third-order valence-electron chi connectivity index (χ3n) is 3.07. The molecule has 100 valence electrons. The molecule has 0 bridgehead atoms. The molecule has 1 unspecified atom stereocenters. The van der Waals surface area contributed by atoms with Gasteiger partial charge in [-0.2, -0.15) is 0 Å². The van der Waals surface area contributed by atoms with Crippen LogP contribution in [0.5, 0.6) is 5.75 Å². The lowest BCUT2D eigenvalue weighted by Crippen LogP contribution is -2.25. The first-order valence-corrected chi connectivity index (χ1v) is 6.23. The molecule has 2 N–H and O–H groups in total. The van der Waals surface area contributed by atoms with E-state index in [0.717, 1.165) is 0 Å². The molecule has 0 saturated carbocycles. The molecule has 0 aliphatic heterocycles. The van der Waals surface area contributed by atoms with Gasteiger partial charge in [0.1, 0.15) is 11.6 Å². The fourth-order valence-electron chi connectivity index (χ4n) is 1.97. The van der Waals surface area contributed by atoms with Gasteiger partial charge in [0, 0.05) is 17.0 Å². The zero-order valence-electron chi connectivity index (χ0n) is 10.4. The van der Waals surface area contributed by atoms with Gasteiger partial charge in [0.2, 0.25) is 0 Å². The van der Waals surface area contributed by atoms with E-state index in [1.54, 1.807) is 25.1 Å². The average molecular weight is 281 g/mol. The number of hydrogen-bond acceptors (Lipinski definition) is 2. The van der Waals surface area contributed by atoms with E-state index in [4.69, 9.17) is 11.6 Å². The number of aliphatic hydroxyl groups is 1. The summed E-state index contributed by atoms with van der Waals surface area (Å²) in [6.45, 7) is 1.59. The Balaban J connectivity index is 2.33. The molecule has 0 heterocycles. The second-order valence-corrected chi connectivity index (χ2v) is 5.10. The van der Waals surface area contributed by atoms with Crippen molar-refractivity contribution in [3.8, 4) is 5.75 Å². The third-order valence-corrected chi connectivity index (χ3v) is 3.43. The maximum atomic E-state index is 13.7. The summed E-state index contributed by atoms with van der Waals surface area (Å²) in [7, 11) is 0. The van der Waals surface area contributed by atoms with Crippen LogP contribution in [0.2, 0.25) is 5.02 Å². The molecule has 19 heavy (non-hydrogen) atoms. The van der Waals surface area contributed by atoms with Crippen molar-refractivity contribution in [2.75, 3.05) is 0 Å². The summed E-state index contributed by atoms with van der Waals surface area (Å²) >= 11 is 5.96. The summed E-state index contributed by atoms with van der Waals surface area (Å²) in [6, 6.07) is 10.6. The standard InChI is InChI=1S/C15H14ClFO2/c1-15(19,10-5-7-11(18)8-6-10)9-12-13(16)3-2-4-14(12)17/h2-8,18-19H,9H2,1H3.